The molecule has 0 fully saturated rings. The van der Waals surface area contributed by atoms with Gasteiger partial charge in [0.2, 0.25) is 27.7 Å². The molecule has 0 atom stereocenters. The van der Waals surface area contributed by atoms with Crippen LogP contribution in [0.2, 0.25) is 0 Å². The highest BCUT2D eigenvalue weighted by molar-refractivity contribution is 6.57. The highest BCUT2D eigenvalue weighted by Gasteiger charge is 1.89. The van der Waals surface area contributed by atoms with Gasteiger partial charge in [0.15, 0.2) is 11.6 Å². The maximum Gasteiger partial charge on any atom is 0.236 e. The van der Waals surface area contributed by atoms with Crippen LogP contribution in [0.15, 0.2) is 4.99 Å². The molecule has 0 bridgehead atoms. The van der Waals surface area contributed by atoms with Gasteiger partial charge in [-0.05, 0) is 0 Å². The Labute approximate surface area is 100 Å². The Balaban J connectivity index is 0. The predicted octanol–water partition coefficient (Wildman–Crippen LogP) is -1.88. The number of nitrogens with one attached hydrogen (secondary N) is 3. The summed E-state index contributed by atoms with van der Waals surface area (Å²) >= 11 is 0. The molecule has 0 spiro atoms. The first-order valence-corrected chi connectivity index (χ1v) is 4.24. The Morgan fingerprint density at radius 2 is 1.65 bits per heavy atom. The van der Waals surface area contributed by atoms with Gasteiger partial charge in [0.1, 0.15) is 6.67 Å². The average Bonchev–Trinajstić information content (AvgIpc) is 2.17. The highest BCUT2D eigenvalue weighted by atomic mass is 16.2. The van der Waals surface area contributed by atoms with E-state index in [0.717, 1.165) is 0 Å². The fourth-order valence-electron chi connectivity index (χ4n) is 0.406. The van der Waals surface area contributed by atoms with E-state index in [1.807, 2.05) is 0 Å². The Bertz CT molecular complexity index is 301. The number of hydrogen-bond acceptors (Lipinski definition) is 5. The number of amides is 3. The van der Waals surface area contributed by atoms with Crippen molar-refractivity contribution in [2.24, 2.45) is 4.99 Å². The maximum absolute atomic E-state index is 10.1. The fourth-order valence-corrected chi connectivity index (χ4v) is 0.406. The zero-order valence-electron chi connectivity index (χ0n) is 9.15. The van der Waals surface area contributed by atoms with Crippen LogP contribution in [-0.4, -0.2) is 52.6 Å². The summed E-state index contributed by atoms with van der Waals surface area (Å²) in [6.07, 6.45) is 1.23. The summed E-state index contributed by atoms with van der Waals surface area (Å²) in [5.74, 6) is -1.56. The molecule has 88 valence electrons. The molecule has 17 heavy (non-hydrogen) atoms. The van der Waals surface area contributed by atoms with E-state index in [-0.39, 0.29) is 19.2 Å². The predicted molar refractivity (Wildman–Crippen MR) is 60.2 cm³/mol. The van der Waals surface area contributed by atoms with Crippen LogP contribution in [0.3, 0.4) is 0 Å². The molecule has 0 heterocycles. The summed E-state index contributed by atoms with van der Waals surface area (Å²) in [5.41, 5.74) is 0. The third-order valence-corrected chi connectivity index (χ3v) is 0.997. The first-order valence-electron chi connectivity index (χ1n) is 4.24. The molecular formula is C7H10B2N4O4. The van der Waals surface area contributed by atoms with Crippen LogP contribution < -0.4 is 16.0 Å². The minimum absolute atomic E-state index is 0.0880. The number of nitrogens with zero attached hydrogens (tertiary/aromatic N) is 1. The van der Waals surface area contributed by atoms with Crippen molar-refractivity contribution in [2.45, 2.75) is 6.92 Å². The molecule has 0 rings (SSSR count). The first kappa shape index (κ1) is 17.3. The number of carbonyl (C=O) groups is 3. The lowest BCUT2D eigenvalue weighted by Gasteiger charge is -2.00. The molecule has 0 aliphatic carbocycles. The summed E-state index contributed by atoms with van der Waals surface area (Å²) in [7, 11) is 9.27. The summed E-state index contributed by atoms with van der Waals surface area (Å²) in [6, 6.07) is 0. The van der Waals surface area contributed by atoms with Gasteiger partial charge in [0.25, 0.3) is 0 Å². The van der Waals surface area contributed by atoms with Crippen LogP contribution in [0.25, 0.3) is 0 Å². The van der Waals surface area contributed by atoms with Crippen LogP contribution >= 0.6 is 0 Å². The second kappa shape index (κ2) is 12.0. The molecule has 4 radical (unpaired) electrons. The highest BCUT2D eigenvalue weighted by Crippen LogP contribution is 1.59. The van der Waals surface area contributed by atoms with Gasteiger partial charge in [-0.15, -0.1) is 0 Å². The lowest BCUT2D eigenvalue weighted by molar-refractivity contribution is -0.118. The Hall–Kier alpha value is -2.08. The number of aliphatic imine (C=N–C) groups is 1. The number of isocyanates is 1. The Kier molecular flexibility index (Phi) is 12.2. The molecule has 3 amide bonds. The Morgan fingerprint density at radius 1 is 1.12 bits per heavy atom. The van der Waals surface area contributed by atoms with E-state index in [9.17, 15) is 19.2 Å². The molecule has 0 aliphatic rings. The molecule has 8 nitrogen and oxygen atoms in total. The van der Waals surface area contributed by atoms with E-state index < -0.39 is 11.6 Å². The minimum atomic E-state index is -0.705. The SMILES string of the molecule is [B]C(=O)NCN=C=O.[B]C(=O)NCNC(C)=O. The lowest BCUT2D eigenvalue weighted by atomic mass is 10.1. The summed E-state index contributed by atoms with van der Waals surface area (Å²) < 4.78 is 0. The first-order chi connectivity index (χ1) is 7.90. The quantitative estimate of drug-likeness (QED) is 0.229. The van der Waals surface area contributed by atoms with Gasteiger partial charge in [0, 0.05) is 6.92 Å². The average molecular weight is 236 g/mol. The van der Waals surface area contributed by atoms with E-state index in [1.165, 1.54) is 13.0 Å². The van der Waals surface area contributed by atoms with Gasteiger partial charge >= 0.3 is 0 Å². The van der Waals surface area contributed by atoms with Crippen molar-refractivity contribution in [3.8, 4) is 0 Å². The van der Waals surface area contributed by atoms with Gasteiger partial charge in [-0.2, -0.15) is 4.99 Å². The molecule has 0 aromatic carbocycles. The molecule has 0 saturated heterocycles. The Morgan fingerprint density at radius 3 is 2.00 bits per heavy atom. The van der Waals surface area contributed by atoms with Crippen molar-refractivity contribution in [1.82, 2.24) is 16.0 Å². The lowest BCUT2D eigenvalue weighted by Crippen LogP contribution is -2.35. The van der Waals surface area contributed by atoms with E-state index in [1.54, 1.807) is 0 Å². The van der Waals surface area contributed by atoms with Gasteiger partial charge in [-0.3, -0.25) is 14.4 Å². The zero-order chi connectivity index (χ0) is 13.7. The van der Waals surface area contributed by atoms with Crippen molar-refractivity contribution in [3.63, 3.8) is 0 Å². The molecule has 0 aromatic heterocycles. The molecular weight excluding hydrogens is 226 g/mol. The van der Waals surface area contributed by atoms with Crippen molar-refractivity contribution in [3.05, 3.63) is 0 Å². The van der Waals surface area contributed by atoms with Crippen molar-refractivity contribution >= 4 is 39.3 Å². The zero-order valence-corrected chi connectivity index (χ0v) is 9.15. The van der Waals surface area contributed by atoms with Crippen LogP contribution in [0.5, 0.6) is 0 Å². The van der Waals surface area contributed by atoms with Gasteiger partial charge in [-0.25, -0.2) is 4.79 Å². The van der Waals surface area contributed by atoms with Crippen molar-refractivity contribution < 1.29 is 19.2 Å². The van der Waals surface area contributed by atoms with Gasteiger partial charge < -0.3 is 16.0 Å². The van der Waals surface area contributed by atoms with Crippen LogP contribution in [0.1, 0.15) is 6.92 Å². The molecule has 0 saturated carbocycles. The van der Waals surface area contributed by atoms with E-state index in [0.29, 0.717) is 0 Å². The standard InChI is InChI=1S/C4H7BN2O2.C3H3BN2O2/c1-3(8)6-2-7-4(5)9;4-3(8)6-1-5-2-7/h2H2,1H3,(H,6,8)(H,7,9);1H2,(H,6,8). The number of hydrogen-bond donors (Lipinski definition) is 3. The normalized spacial score (nSPS) is 7.59. The molecule has 3 N–H and O–H groups in total. The van der Waals surface area contributed by atoms with Gasteiger partial charge in [0.05, 0.1) is 6.67 Å². The molecule has 0 unspecified atom stereocenters. The van der Waals surface area contributed by atoms with Crippen LogP contribution in [-0.2, 0) is 9.59 Å². The minimum Gasteiger partial charge on any atom is -0.349 e. The summed E-state index contributed by atoms with van der Waals surface area (Å²) in [4.78, 5) is 42.2. The maximum atomic E-state index is 10.1. The van der Waals surface area contributed by atoms with Crippen molar-refractivity contribution in [1.29, 1.82) is 0 Å². The summed E-state index contributed by atoms with van der Waals surface area (Å²) in [5, 5.41) is 6.57. The second-order valence-electron chi connectivity index (χ2n) is 2.40. The largest absolute Gasteiger partial charge is 0.349 e. The smallest absolute Gasteiger partial charge is 0.236 e. The number of rotatable bonds is 4. The third kappa shape index (κ3) is 24.9. The van der Waals surface area contributed by atoms with Gasteiger partial charge in [-0.1, -0.05) is 0 Å². The fraction of sp³-hybridized carbons (Fsp3) is 0.429. The monoisotopic (exact) mass is 236 g/mol. The van der Waals surface area contributed by atoms with Crippen molar-refractivity contribution in [2.75, 3.05) is 13.3 Å². The van der Waals surface area contributed by atoms with E-state index in [2.05, 4.69) is 36.6 Å². The number of carbonyl (C=O) groups excluding carboxylic acids is 4. The molecule has 0 aromatic rings. The van der Waals surface area contributed by atoms with Crippen LogP contribution in [0, 0.1) is 0 Å². The van der Waals surface area contributed by atoms with E-state index >= 15 is 0 Å². The van der Waals surface area contributed by atoms with Crippen LogP contribution in [0.4, 0.5) is 9.59 Å². The third-order valence-electron chi connectivity index (χ3n) is 0.997. The molecule has 0 aliphatic heterocycles. The molecule has 10 heteroatoms. The second-order valence-corrected chi connectivity index (χ2v) is 2.40. The summed E-state index contributed by atoms with van der Waals surface area (Å²) in [6.45, 7) is 1.34. The van der Waals surface area contributed by atoms with E-state index in [4.69, 9.17) is 0 Å². The topological polar surface area (TPSA) is 117 Å².